The van der Waals surface area contributed by atoms with Crippen molar-refractivity contribution in [3.05, 3.63) is 29.3 Å². The van der Waals surface area contributed by atoms with Crippen molar-refractivity contribution in [1.82, 2.24) is 25.5 Å². The number of nitrogens with one attached hydrogen (secondary N) is 1. The van der Waals surface area contributed by atoms with Crippen molar-refractivity contribution < 1.29 is 4.79 Å². The molecule has 6 nitrogen and oxygen atoms in total. The van der Waals surface area contributed by atoms with E-state index in [-0.39, 0.29) is 5.91 Å². The molecule has 1 aliphatic rings. The quantitative estimate of drug-likeness (QED) is 0.824. The molecule has 0 aliphatic heterocycles. The van der Waals surface area contributed by atoms with E-state index in [2.05, 4.69) is 27.8 Å². The van der Waals surface area contributed by atoms with E-state index in [4.69, 9.17) is 11.6 Å². The molecule has 1 heterocycles. The fourth-order valence-corrected chi connectivity index (χ4v) is 3.75. The van der Waals surface area contributed by atoms with Crippen LogP contribution in [0.5, 0.6) is 0 Å². The molecule has 0 spiro atoms. The molecule has 1 aromatic heterocycles. The Kier molecular flexibility index (Phi) is 5.73. The number of benzene rings is 1. The Labute approximate surface area is 150 Å². The van der Waals surface area contributed by atoms with Gasteiger partial charge in [0.25, 0.3) is 0 Å². The van der Waals surface area contributed by atoms with Crippen LogP contribution >= 0.6 is 23.4 Å². The Morgan fingerprint density at radius 3 is 2.83 bits per heavy atom. The van der Waals surface area contributed by atoms with Crippen LogP contribution in [0.1, 0.15) is 32.6 Å². The Bertz CT molecular complexity index is 690. The monoisotopic (exact) mass is 365 g/mol. The molecule has 1 N–H and O–H groups in total. The van der Waals surface area contributed by atoms with E-state index in [9.17, 15) is 4.79 Å². The number of hydrogen-bond donors (Lipinski definition) is 1. The highest BCUT2D eigenvalue weighted by atomic mass is 35.5. The van der Waals surface area contributed by atoms with Gasteiger partial charge in [-0.3, -0.25) is 4.79 Å². The van der Waals surface area contributed by atoms with Gasteiger partial charge in [-0.15, -0.1) is 5.10 Å². The first-order valence-corrected chi connectivity index (χ1v) is 9.46. The number of tetrazole rings is 1. The van der Waals surface area contributed by atoms with Crippen LogP contribution in [-0.4, -0.2) is 37.9 Å². The number of thioether (sulfide) groups is 1. The fraction of sp³-hybridized carbons (Fsp3) is 0.500. The number of halogens is 1. The topological polar surface area (TPSA) is 72.7 Å². The third kappa shape index (κ3) is 4.27. The molecule has 0 unspecified atom stereocenters. The first-order chi connectivity index (χ1) is 11.6. The van der Waals surface area contributed by atoms with Crippen LogP contribution in [-0.2, 0) is 4.79 Å². The average Bonchev–Trinajstić information content (AvgIpc) is 3.04. The number of carbonyl (C=O) groups is 1. The zero-order valence-corrected chi connectivity index (χ0v) is 15.1. The normalized spacial score (nSPS) is 20.8. The van der Waals surface area contributed by atoms with Gasteiger partial charge in [0, 0.05) is 11.1 Å². The molecule has 128 valence electrons. The van der Waals surface area contributed by atoms with Crippen LogP contribution in [0.15, 0.2) is 29.4 Å². The summed E-state index contributed by atoms with van der Waals surface area (Å²) in [4.78, 5) is 12.2. The summed E-state index contributed by atoms with van der Waals surface area (Å²) in [6, 6.07) is 7.53. The Morgan fingerprint density at radius 2 is 2.08 bits per heavy atom. The Balaban J connectivity index is 1.58. The van der Waals surface area contributed by atoms with Crippen LogP contribution in [0.3, 0.4) is 0 Å². The molecule has 24 heavy (non-hydrogen) atoms. The van der Waals surface area contributed by atoms with Gasteiger partial charge in [0.1, 0.15) is 0 Å². The molecule has 3 rings (SSSR count). The Morgan fingerprint density at radius 1 is 1.33 bits per heavy atom. The second-order valence-electron chi connectivity index (χ2n) is 6.07. The molecule has 0 bridgehead atoms. The third-order valence-corrected chi connectivity index (χ3v) is 5.47. The number of nitrogens with zero attached hydrogens (tertiary/aromatic N) is 4. The van der Waals surface area contributed by atoms with Crippen molar-refractivity contribution in [2.45, 2.75) is 43.8 Å². The maximum atomic E-state index is 12.2. The van der Waals surface area contributed by atoms with Gasteiger partial charge in [0.15, 0.2) is 0 Å². The van der Waals surface area contributed by atoms with E-state index in [1.54, 1.807) is 16.8 Å². The molecule has 2 atom stereocenters. The van der Waals surface area contributed by atoms with E-state index in [1.165, 1.54) is 31.0 Å². The van der Waals surface area contributed by atoms with Crippen molar-refractivity contribution in [2.24, 2.45) is 5.92 Å². The molecule has 1 fully saturated rings. The van der Waals surface area contributed by atoms with Crippen molar-refractivity contribution in [3.8, 4) is 5.69 Å². The molecule has 1 aromatic carbocycles. The number of rotatable bonds is 5. The highest BCUT2D eigenvalue weighted by molar-refractivity contribution is 7.99. The SMILES string of the molecule is C[C@@H]1CCCC[C@@H]1NC(=O)CSc1nnnn1-c1ccc(Cl)cc1. The van der Waals surface area contributed by atoms with Crippen molar-refractivity contribution in [3.63, 3.8) is 0 Å². The lowest BCUT2D eigenvalue weighted by Gasteiger charge is -2.29. The van der Waals surface area contributed by atoms with Gasteiger partial charge in [0.2, 0.25) is 11.1 Å². The molecule has 1 saturated carbocycles. The second kappa shape index (κ2) is 7.98. The Hall–Kier alpha value is -1.60. The van der Waals surface area contributed by atoms with Gasteiger partial charge in [-0.2, -0.15) is 4.68 Å². The summed E-state index contributed by atoms with van der Waals surface area (Å²) in [5, 5.41) is 16.1. The summed E-state index contributed by atoms with van der Waals surface area (Å²) < 4.78 is 1.61. The van der Waals surface area contributed by atoms with E-state index in [0.717, 1.165) is 12.1 Å². The van der Waals surface area contributed by atoms with Crippen LogP contribution in [0, 0.1) is 5.92 Å². The minimum absolute atomic E-state index is 0.0319. The van der Waals surface area contributed by atoms with E-state index >= 15 is 0 Å². The minimum Gasteiger partial charge on any atom is -0.352 e. The van der Waals surface area contributed by atoms with Gasteiger partial charge in [-0.1, -0.05) is 43.1 Å². The zero-order chi connectivity index (χ0) is 16.9. The summed E-state index contributed by atoms with van der Waals surface area (Å²) in [6.45, 7) is 2.21. The molecule has 1 amide bonds. The van der Waals surface area contributed by atoms with Crippen molar-refractivity contribution >= 4 is 29.3 Å². The van der Waals surface area contributed by atoms with Crippen molar-refractivity contribution in [1.29, 1.82) is 0 Å². The predicted octanol–water partition coefficient (Wildman–Crippen LogP) is 3.10. The lowest BCUT2D eigenvalue weighted by atomic mass is 9.86. The molecule has 0 saturated heterocycles. The maximum Gasteiger partial charge on any atom is 0.230 e. The van der Waals surface area contributed by atoms with Gasteiger partial charge < -0.3 is 5.32 Å². The van der Waals surface area contributed by atoms with Crippen LogP contribution < -0.4 is 5.32 Å². The molecule has 2 aromatic rings. The number of carbonyl (C=O) groups excluding carboxylic acids is 1. The average molecular weight is 366 g/mol. The third-order valence-electron chi connectivity index (χ3n) is 4.30. The molecule has 0 radical (unpaired) electrons. The molecule has 8 heteroatoms. The van der Waals surface area contributed by atoms with Gasteiger partial charge in [0.05, 0.1) is 11.4 Å². The van der Waals surface area contributed by atoms with E-state index in [1.807, 2.05) is 12.1 Å². The number of amides is 1. The van der Waals surface area contributed by atoms with Crippen LogP contribution in [0.4, 0.5) is 0 Å². The standard InChI is InChI=1S/C16H20ClN5OS/c1-11-4-2-3-5-14(11)18-15(23)10-24-16-19-20-21-22(16)13-8-6-12(17)7-9-13/h6-9,11,14H,2-5,10H2,1H3,(H,18,23)/t11-,14+/m1/s1. The summed E-state index contributed by atoms with van der Waals surface area (Å²) in [7, 11) is 0. The first kappa shape index (κ1) is 17.2. The highest BCUT2D eigenvalue weighted by Gasteiger charge is 2.23. The van der Waals surface area contributed by atoms with Crippen molar-refractivity contribution in [2.75, 3.05) is 5.75 Å². The fourth-order valence-electron chi connectivity index (χ4n) is 2.92. The highest BCUT2D eigenvalue weighted by Crippen LogP contribution is 2.24. The van der Waals surface area contributed by atoms with Crippen LogP contribution in [0.25, 0.3) is 5.69 Å². The summed E-state index contributed by atoms with van der Waals surface area (Å²) in [5.41, 5.74) is 0.813. The summed E-state index contributed by atoms with van der Waals surface area (Å²) in [6.07, 6.45) is 4.71. The summed E-state index contributed by atoms with van der Waals surface area (Å²) >= 11 is 7.23. The minimum atomic E-state index is 0.0319. The van der Waals surface area contributed by atoms with E-state index in [0.29, 0.717) is 27.9 Å². The number of hydrogen-bond acceptors (Lipinski definition) is 5. The predicted molar refractivity (Wildman–Crippen MR) is 94.5 cm³/mol. The maximum absolute atomic E-state index is 12.2. The molecule has 1 aliphatic carbocycles. The van der Waals surface area contributed by atoms with Gasteiger partial charge in [-0.25, -0.2) is 0 Å². The van der Waals surface area contributed by atoms with Crippen LogP contribution in [0.2, 0.25) is 5.02 Å². The lowest BCUT2D eigenvalue weighted by molar-refractivity contribution is -0.119. The first-order valence-electron chi connectivity index (χ1n) is 8.10. The lowest BCUT2D eigenvalue weighted by Crippen LogP contribution is -2.41. The van der Waals surface area contributed by atoms with Gasteiger partial charge >= 0.3 is 0 Å². The van der Waals surface area contributed by atoms with E-state index < -0.39 is 0 Å². The number of aromatic nitrogens is 4. The largest absolute Gasteiger partial charge is 0.352 e. The summed E-state index contributed by atoms with van der Waals surface area (Å²) in [5.74, 6) is 0.883. The van der Waals surface area contributed by atoms with Gasteiger partial charge in [-0.05, 0) is 53.5 Å². The molecular formula is C16H20ClN5OS. The zero-order valence-electron chi connectivity index (χ0n) is 13.5. The smallest absolute Gasteiger partial charge is 0.230 e. The molecular weight excluding hydrogens is 346 g/mol. The second-order valence-corrected chi connectivity index (χ2v) is 7.45.